The van der Waals surface area contributed by atoms with E-state index in [2.05, 4.69) is 10.3 Å². The highest BCUT2D eigenvalue weighted by atomic mass is 32.1. The number of nitrogens with zero attached hydrogens (tertiary/aromatic N) is 1. The fourth-order valence-corrected chi connectivity index (χ4v) is 5.05. The molecule has 2 radical (unpaired) electrons. The minimum Gasteiger partial charge on any atom is -0.465 e. The van der Waals surface area contributed by atoms with E-state index >= 15 is 0 Å². The Morgan fingerprint density at radius 1 is 1.28 bits per heavy atom. The molecule has 0 saturated carbocycles. The summed E-state index contributed by atoms with van der Waals surface area (Å²) in [5, 5.41) is 5.32. The number of fused-ring (bicyclic) bond motifs is 3. The van der Waals surface area contributed by atoms with E-state index in [1.165, 1.54) is 18.4 Å². The van der Waals surface area contributed by atoms with E-state index < -0.39 is 5.60 Å². The minimum absolute atomic E-state index is 0.0156. The van der Waals surface area contributed by atoms with Crippen molar-refractivity contribution in [3.8, 4) is 0 Å². The van der Waals surface area contributed by atoms with E-state index in [-0.39, 0.29) is 26.6 Å². The van der Waals surface area contributed by atoms with Gasteiger partial charge in [-0.2, -0.15) is 0 Å². The van der Waals surface area contributed by atoms with Crippen molar-refractivity contribution >= 4 is 59.1 Å². The Morgan fingerprint density at radius 2 is 2.03 bits per heavy atom. The molecular weight excluding hydrogens is 404 g/mol. The van der Waals surface area contributed by atoms with Crippen molar-refractivity contribution in [2.24, 2.45) is 0 Å². The largest absolute Gasteiger partial charge is 0.465 e. The zero-order valence-electron chi connectivity index (χ0n) is 17.2. The topological polar surface area (TPSA) is 77.5 Å². The number of methoxy groups -OCH3 is 1. The average molecular weight is 429 g/mol. The fraction of sp³-hybridized carbons (Fsp3) is 0.381. The van der Waals surface area contributed by atoms with Crippen LogP contribution >= 0.6 is 11.3 Å². The summed E-state index contributed by atoms with van der Waals surface area (Å²) in [4.78, 5) is 29.4. The number of aromatic nitrogens is 1. The van der Waals surface area contributed by atoms with Gasteiger partial charge in [-0.05, 0) is 44.5 Å². The highest BCUT2D eigenvalue weighted by Crippen LogP contribution is 2.40. The summed E-state index contributed by atoms with van der Waals surface area (Å²) in [5.74, 6) is -0.381. The first-order valence-corrected chi connectivity index (χ1v) is 11.2. The van der Waals surface area contributed by atoms with Gasteiger partial charge >= 0.3 is 5.97 Å². The van der Waals surface area contributed by atoms with E-state index in [1.807, 2.05) is 52.0 Å². The Balaban J connectivity index is 1.90. The van der Waals surface area contributed by atoms with Crippen LogP contribution in [0, 0.1) is 0 Å². The number of ether oxygens (including phenoxy) is 2. The lowest BCUT2D eigenvalue weighted by atomic mass is 10.1. The Labute approximate surface area is 176 Å². The third-order valence-electron chi connectivity index (χ3n) is 4.15. The molecule has 0 aliphatic heterocycles. The van der Waals surface area contributed by atoms with E-state index in [0.717, 1.165) is 26.7 Å². The minimum atomic E-state index is -0.495. The molecule has 2 aromatic heterocycles. The van der Waals surface area contributed by atoms with E-state index in [9.17, 15) is 9.59 Å². The molecule has 0 aliphatic carbocycles. The van der Waals surface area contributed by atoms with Crippen LogP contribution in [0.4, 0.5) is 10.5 Å². The van der Waals surface area contributed by atoms with Gasteiger partial charge in [0.15, 0.2) is 9.52 Å². The first kappa shape index (κ1) is 21.3. The number of carbonyl (C=O) groups is 2. The molecule has 2 heterocycles. The second-order valence-corrected chi connectivity index (χ2v) is 10.5. The normalized spacial score (nSPS) is 12.7. The quantitative estimate of drug-likeness (QED) is 0.435. The second-order valence-electron chi connectivity index (χ2n) is 7.73. The average Bonchev–Trinajstić information content (AvgIpc) is 3.03. The molecule has 1 aromatic carbocycles. The van der Waals surface area contributed by atoms with Crippen LogP contribution in [0.1, 0.15) is 37.4 Å². The van der Waals surface area contributed by atoms with Gasteiger partial charge in [-0.15, -0.1) is 11.3 Å². The van der Waals surface area contributed by atoms with Gasteiger partial charge in [-0.25, -0.2) is 4.79 Å². The molecule has 0 unspecified atom stereocenters. The predicted molar refractivity (Wildman–Crippen MR) is 118 cm³/mol. The zero-order valence-corrected chi connectivity index (χ0v) is 19.0. The van der Waals surface area contributed by atoms with E-state index in [4.69, 9.17) is 9.47 Å². The molecular formula is C21H24N2O4SSi. The summed E-state index contributed by atoms with van der Waals surface area (Å²) in [5.41, 5.74) is 0.950. The van der Waals surface area contributed by atoms with Gasteiger partial charge < -0.3 is 14.8 Å². The fourth-order valence-electron chi connectivity index (χ4n) is 2.97. The van der Waals surface area contributed by atoms with Crippen LogP contribution < -0.4 is 5.32 Å². The summed E-state index contributed by atoms with van der Waals surface area (Å²) < 4.78 is 11.4. The summed E-state index contributed by atoms with van der Waals surface area (Å²) in [6, 6.07) is 7.80. The van der Waals surface area contributed by atoms with Gasteiger partial charge in [0.1, 0.15) is 10.5 Å². The molecule has 3 aromatic rings. The number of esters is 1. The molecule has 3 rings (SSSR count). The third kappa shape index (κ3) is 4.94. The monoisotopic (exact) mass is 428 g/mol. The zero-order chi connectivity index (χ0) is 21.2. The number of carbonyl (C=O) groups excluding carboxylic acids is 2. The van der Waals surface area contributed by atoms with Crippen molar-refractivity contribution in [1.29, 1.82) is 0 Å². The smallest absolute Gasteiger partial charge is 0.350 e. The van der Waals surface area contributed by atoms with Gasteiger partial charge in [0.2, 0.25) is 0 Å². The van der Waals surface area contributed by atoms with Crippen LogP contribution in [0.2, 0.25) is 5.54 Å². The molecule has 0 bridgehead atoms. The molecule has 6 nitrogen and oxygen atoms in total. The van der Waals surface area contributed by atoms with Crippen molar-refractivity contribution in [2.75, 3.05) is 19.0 Å². The lowest BCUT2D eigenvalue weighted by Crippen LogP contribution is -2.29. The van der Waals surface area contributed by atoms with Crippen molar-refractivity contribution in [1.82, 2.24) is 4.98 Å². The Morgan fingerprint density at radius 3 is 2.72 bits per heavy atom. The molecule has 1 N–H and O–H groups in total. The highest BCUT2D eigenvalue weighted by Gasteiger charge is 2.23. The van der Waals surface area contributed by atoms with E-state index in [0.29, 0.717) is 11.4 Å². The maximum absolute atomic E-state index is 12.4. The lowest BCUT2D eigenvalue weighted by molar-refractivity contribution is 0.0606. The van der Waals surface area contributed by atoms with Gasteiger partial charge in [0, 0.05) is 28.2 Å². The molecule has 29 heavy (non-hydrogen) atoms. The number of hydrogen-bond acceptors (Lipinski definition) is 7. The molecule has 8 heteroatoms. The molecule has 0 spiro atoms. The summed E-state index contributed by atoms with van der Waals surface area (Å²) >= 11 is 1.39. The Bertz CT molecular complexity index is 1060. The number of hydrogen-bond donors (Lipinski definition) is 1. The maximum Gasteiger partial charge on any atom is 0.350 e. The van der Waals surface area contributed by atoms with Gasteiger partial charge in [-0.3, -0.25) is 9.78 Å². The van der Waals surface area contributed by atoms with Crippen LogP contribution in [-0.2, 0) is 9.47 Å². The van der Waals surface area contributed by atoms with Crippen molar-refractivity contribution in [3.05, 3.63) is 35.3 Å². The molecule has 0 saturated heterocycles. The number of thiophene rings is 1. The molecule has 152 valence electrons. The number of nitrogens with one attached hydrogen (secondary N) is 1. The maximum atomic E-state index is 12.4. The molecule has 0 amide bonds. The summed E-state index contributed by atoms with van der Waals surface area (Å²) in [6.07, 6.45) is 1.75. The molecule has 1 atom stereocenters. The number of benzene rings is 1. The highest BCUT2D eigenvalue weighted by molar-refractivity contribution is 7.21. The van der Waals surface area contributed by atoms with Crippen LogP contribution in [0.5, 0.6) is 0 Å². The standard InChI is InChI=1S/C21H24N2O4SSi/c1-12(29-20(25)27-21(2,3)4)11-23-17-16-13-7-6-10-22-14(13)8-9-15(16)28-18(17)19(24)26-5/h6-10,12,23H,11H2,1-5H3/t12-/m1/s1. The number of anilines is 1. The van der Waals surface area contributed by atoms with E-state index in [1.54, 1.807) is 6.20 Å². The van der Waals surface area contributed by atoms with Crippen LogP contribution in [0.25, 0.3) is 21.0 Å². The molecule has 0 fully saturated rings. The molecule has 0 aliphatic rings. The first-order valence-electron chi connectivity index (χ1n) is 9.31. The summed E-state index contributed by atoms with van der Waals surface area (Å²) in [7, 11) is 1.39. The first-order chi connectivity index (χ1) is 13.7. The predicted octanol–water partition coefficient (Wildman–Crippen LogP) is 5.10. The number of pyridine rings is 1. The second kappa shape index (κ2) is 8.50. The van der Waals surface area contributed by atoms with Gasteiger partial charge in [-0.1, -0.05) is 13.0 Å². The van der Waals surface area contributed by atoms with Crippen molar-refractivity contribution < 1.29 is 19.1 Å². The Kier molecular flexibility index (Phi) is 6.23. The van der Waals surface area contributed by atoms with Gasteiger partial charge in [0.05, 0.1) is 18.3 Å². The Hall–Kier alpha value is -2.45. The van der Waals surface area contributed by atoms with Crippen molar-refractivity contribution in [2.45, 2.75) is 38.8 Å². The summed E-state index contributed by atoms with van der Waals surface area (Å²) in [6.45, 7) is 8.10. The van der Waals surface area contributed by atoms with Crippen LogP contribution in [0.3, 0.4) is 0 Å². The van der Waals surface area contributed by atoms with Crippen LogP contribution in [-0.4, -0.2) is 45.3 Å². The van der Waals surface area contributed by atoms with Crippen molar-refractivity contribution in [3.63, 3.8) is 0 Å². The van der Waals surface area contributed by atoms with Crippen LogP contribution in [0.15, 0.2) is 30.5 Å². The van der Waals surface area contributed by atoms with Gasteiger partial charge in [0.25, 0.3) is 5.59 Å². The SMILES string of the molecule is COC(=O)c1sc2ccc3ncccc3c2c1NC[C@@H](C)[Si]C(=O)OC(C)(C)C. The lowest BCUT2D eigenvalue weighted by Gasteiger charge is -2.21. The third-order valence-corrected chi connectivity index (χ3v) is 6.32. The number of rotatable bonds is 6.